The number of ether oxygens (including phenoxy) is 3. The summed E-state index contributed by atoms with van der Waals surface area (Å²) in [6.45, 7) is 11.4. The van der Waals surface area contributed by atoms with Crippen LogP contribution in [0.1, 0.15) is 86.5 Å². The third kappa shape index (κ3) is 7.89. The van der Waals surface area contributed by atoms with E-state index in [1.807, 2.05) is 48.7 Å². The molecule has 2 aliphatic heterocycles. The lowest BCUT2D eigenvalue weighted by Gasteiger charge is -2.30. The van der Waals surface area contributed by atoms with Crippen LogP contribution in [-0.4, -0.2) is 81.2 Å². The van der Waals surface area contributed by atoms with Gasteiger partial charge in [0, 0.05) is 12.3 Å². The van der Waals surface area contributed by atoms with Gasteiger partial charge in [0.25, 0.3) is 0 Å². The second-order valence-electron chi connectivity index (χ2n) is 15.4. The zero-order valence-electron chi connectivity index (χ0n) is 31.0. The van der Waals surface area contributed by atoms with Crippen LogP contribution >= 0.6 is 11.3 Å². The molecule has 3 amide bonds. The van der Waals surface area contributed by atoms with Crippen LogP contribution in [0.4, 0.5) is 4.79 Å². The molecule has 13 heteroatoms. The highest BCUT2D eigenvalue weighted by Crippen LogP contribution is 2.56. The molecule has 3 fully saturated rings. The molecule has 2 aromatic heterocycles. The van der Waals surface area contributed by atoms with Crippen molar-refractivity contribution < 1.29 is 33.4 Å². The Bertz CT molecular complexity index is 1780. The number of alkyl carbamates (subject to hydrolysis) is 1. The highest BCUT2D eigenvalue weighted by molar-refractivity contribution is 7.13. The average Bonchev–Trinajstić information content (AvgIpc) is 3.46. The topological polar surface area (TPSA) is 149 Å². The molecule has 1 aliphatic carbocycles. The van der Waals surface area contributed by atoms with E-state index >= 15 is 0 Å². The van der Waals surface area contributed by atoms with E-state index in [0.717, 1.165) is 36.1 Å². The quantitative estimate of drug-likeness (QED) is 0.280. The van der Waals surface area contributed by atoms with E-state index in [4.69, 9.17) is 24.2 Å². The number of aromatic nitrogens is 2. The molecule has 1 saturated carbocycles. The first-order valence-electron chi connectivity index (χ1n) is 18.6. The largest absolute Gasteiger partial charge is 0.471 e. The minimum Gasteiger partial charge on any atom is -0.471 e. The van der Waals surface area contributed by atoms with Gasteiger partial charge >= 0.3 is 12.1 Å². The summed E-state index contributed by atoms with van der Waals surface area (Å²) in [6, 6.07) is 9.49. The van der Waals surface area contributed by atoms with Crippen molar-refractivity contribution in [3.05, 3.63) is 41.8 Å². The molecule has 12 nitrogen and oxygen atoms in total. The van der Waals surface area contributed by atoms with Crippen molar-refractivity contribution in [1.82, 2.24) is 25.5 Å². The maximum Gasteiger partial charge on any atom is 0.408 e. The van der Waals surface area contributed by atoms with Crippen LogP contribution in [0.3, 0.4) is 0 Å². The molecular formula is C39H51N5O7S. The number of nitrogens with zero attached hydrogens (tertiary/aromatic N) is 3. The van der Waals surface area contributed by atoms with Crippen LogP contribution in [0.5, 0.6) is 5.88 Å². The Balaban J connectivity index is 1.35. The second-order valence-corrected chi connectivity index (χ2v) is 16.3. The molecule has 4 heterocycles. The Kier molecular flexibility index (Phi) is 11.1. The Morgan fingerprint density at radius 3 is 2.40 bits per heavy atom. The normalized spacial score (nSPS) is 28.5. The summed E-state index contributed by atoms with van der Waals surface area (Å²) < 4.78 is 17.7. The van der Waals surface area contributed by atoms with Crippen molar-refractivity contribution in [2.45, 2.75) is 116 Å². The Labute approximate surface area is 309 Å². The number of thiophene rings is 1. The van der Waals surface area contributed by atoms with E-state index in [1.165, 1.54) is 16.2 Å². The number of hydrogen-bond donors (Lipinski definition) is 2. The minimum atomic E-state index is -1.19. The minimum absolute atomic E-state index is 0.0591. The molecule has 280 valence electrons. The number of fused-ring (bicyclic) bond motifs is 3. The van der Waals surface area contributed by atoms with Crippen LogP contribution in [0.15, 0.2) is 41.8 Å². The van der Waals surface area contributed by atoms with Gasteiger partial charge in [-0.1, -0.05) is 64.2 Å². The van der Waals surface area contributed by atoms with E-state index in [1.54, 1.807) is 27.7 Å². The summed E-state index contributed by atoms with van der Waals surface area (Å²) >= 11 is 1.51. The van der Waals surface area contributed by atoms with Crippen molar-refractivity contribution in [3.63, 3.8) is 0 Å². The van der Waals surface area contributed by atoms with Crippen molar-refractivity contribution in [1.29, 1.82) is 0 Å². The molecule has 1 aromatic carbocycles. The summed E-state index contributed by atoms with van der Waals surface area (Å²) in [5.41, 5.74) is -0.0122. The van der Waals surface area contributed by atoms with Gasteiger partial charge in [-0.25, -0.2) is 19.6 Å². The SMILES string of the molecule is CCOC(=O)[C@]12NC(=O)[C@@H]3C[C@@H](Oc4nc5ccccc5nc4-c4cccs4)CN3C(=O)[C@@H](NC(=O)OC(C)(C)C)CCCCCCC(C)C1[C@H]2C. The van der Waals surface area contributed by atoms with Crippen molar-refractivity contribution in [2.75, 3.05) is 13.2 Å². The summed E-state index contributed by atoms with van der Waals surface area (Å²) in [7, 11) is 0. The first-order chi connectivity index (χ1) is 24.8. The van der Waals surface area contributed by atoms with E-state index < -0.39 is 53.2 Å². The molecule has 0 bridgehead atoms. The van der Waals surface area contributed by atoms with E-state index in [2.05, 4.69) is 17.6 Å². The lowest BCUT2D eigenvalue weighted by molar-refractivity contribution is -0.151. The monoisotopic (exact) mass is 733 g/mol. The molecule has 7 atom stereocenters. The van der Waals surface area contributed by atoms with Crippen molar-refractivity contribution in [2.24, 2.45) is 17.8 Å². The second kappa shape index (κ2) is 15.4. The molecule has 52 heavy (non-hydrogen) atoms. The van der Waals surface area contributed by atoms with Gasteiger partial charge in [0.1, 0.15) is 35.0 Å². The molecule has 2 N–H and O–H groups in total. The molecule has 6 rings (SSSR count). The van der Waals surface area contributed by atoms with Gasteiger partial charge in [-0.2, -0.15) is 0 Å². The number of nitrogens with one attached hydrogen (secondary N) is 2. The molecule has 0 spiro atoms. The van der Waals surface area contributed by atoms with Gasteiger partial charge in [-0.05, 0) is 69.5 Å². The number of carbonyl (C=O) groups is 4. The lowest BCUT2D eigenvalue weighted by Crippen LogP contribution is -2.57. The van der Waals surface area contributed by atoms with Gasteiger partial charge in [0.05, 0.1) is 29.1 Å². The number of esters is 1. The first kappa shape index (κ1) is 37.5. The maximum atomic E-state index is 14.6. The zero-order chi connectivity index (χ0) is 37.2. The zero-order valence-corrected chi connectivity index (χ0v) is 31.8. The number of benzene rings is 1. The summed E-state index contributed by atoms with van der Waals surface area (Å²) in [5.74, 6) is -1.07. The predicted molar refractivity (Wildman–Crippen MR) is 198 cm³/mol. The van der Waals surface area contributed by atoms with Crippen LogP contribution in [-0.2, 0) is 23.9 Å². The number of para-hydroxylation sites is 2. The number of carbonyl (C=O) groups excluding carboxylic acids is 4. The lowest BCUT2D eigenvalue weighted by atomic mass is 9.94. The Morgan fingerprint density at radius 2 is 1.73 bits per heavy atom. The Morgan fingerprint density at radius 1 is 1.02 bits per heavy atom. The van der Waals surface area contributed by atoms with Gasteiger partial charge in [0.15, 0.2) is 0 Å². The van der Waals surface area contributed by atoms with E-state index in [0.29, 0.717) is 29.9 Å². The smallest absolute Gasteiger partial charge is 0.408 e. The summed E-state index contributed by atoms with van der Waals surface area (Å²) in [6.07, 6.45) is 3.55. The third-order valence-electron chi connectivity index (χ3n) is 10.5. The number of amides is 3. The first-order valence-corrected chi connectivity index (χ1v) is 19.5. The molecule has 0 radical (unpaired) electrons. The molecule has 2 saturated heterocycles. The predicted octanol–water partition coefficient (Wildman–Crippen LogP) is 6.27. The highest BCUT2D eigenvalue weighted by Gasteiger charge is 2.71. The maximum absolute atomic E-state index is 14.6. The standard InChI is InChI=1S/C39H51N5O7S/c1-7-49-36(47)39-24(3)31(39)23(2)15-10-8-9-11-18-28(42-37(48)51-38(4,5)6)35(46)44-22-25(21-29(44)33(45)43-39)50-34-32(30-19-14-20-52-30)40-26-16-12-13-17-27(26)41-34/h12-14,16-17,19-20,23-25,28-29,31H,7-11,15,18,21-22H2,1-6H3,(H,42,48)(H,43,45)/t23?,24-,25-,28+,29+,31?,39-/m1/s1. The van der Waals surface area contributed by atoms with E-state index in [9.17, 15) is 19.2 Å². The van der Waals surface area contributed by atoms with Crippen LogP contribution in [0.2, 0.25) is 0 Å². The van der Waals surface area contributed by atoms with Crippen LogP contribution < -0.4 is 15.4 Å². The van der Waals surface area contributed by atoms with Gasteiger partial charge in [-0.3, -0.25) is 9.59 Å². The van der Waals surface area contributed by atoms with Crippen molar-refractivity contribution >= 4 is 46.2 Å². The van der Waals surface area contributed by atoms with Crippen LogP contribution in [0.25, 0.3) is 21.6 Å². The Hall–Kier alpha value is -4.26. The number of rotatable bonds is 6. The molecule has 3 aliphatic rings. The molecule has 3 aromatic rings. The third-order valence-corrected chi connectivity index (χ3v) is 11.4. The fourth-order valence-electron chi connectivity index (χ4n) is 8.07. The molecular weight excluding hydrogens is 683 g/mol. The van der Waals surface area contributed by atoms with Gasteiger partial charge in [0.2, 0.25) is 17.7 Å². The van der Waals surface area contributed by atoms with E-state index in [-0.39, 0.29) is 37.3 Å². The van der Waals surface area contributed by atoms with Crippen molar-refractivity contribution in [3.8, 4) is 16.5 Å². The average molecular weight is 734 g/mol. The summed E-state index contributed by atoms with van der Waals surface area (Å²) in [4.78, 5) is 67.8. The fourth-order valence-corrected chi connectivity index (χ4v) is 8.78. The number of hydrogen-bond acceptors (Lipinski definition) is 10. The van der Waals surface area contributed by atoms with Crippen LogP contribution in [0, 0.1) is 17.8 Å². The van der Waals surface area contributed by atoms with Gasteiger partial charge in [-0.15, -0.1) is 11.3 Å². The fraction of sp³-hybridized carbons (Fsp3) is 0.590. The summed E-state index contributed by atoms with van der Waals surface area (Å²) in [5, 5.41) is 7.89. The highest BCUT2D eigenvalue weighted by atomic mass is 32.1. The van der Waals surface area contributed by atoms with Gasteiger partial charge < -0.3 is 29.7 Å². The molecule has 2 unspecified atom stereocenters.